The fourth-order valence-corrected chi connectivity index (χ4v) is 2.98. The number of methoxy groups -OCH3 is 1. The molecule has 1 spiro atoms. The quantitative estimate of drug-likeness (QED) is 0.751. The van der Waals surface area contributed by atoms with E-state index in [0.29, 0.717) is 13.2 Å². The Kier molecular flexibility index (Phi) is 4.22. The second-order valence-electron chi connectivity index (χ2n) is 5.26. The maximum Gasteiger partial charge on any atom is 0.248 e. The van der Waals surface area contributed by atoms with E-state index in [2.05, 4.69) is 5.32 Å². The van der Waals surface area contributed by atoms with Gasteiger partial charge < -0.3 is 15.0 Å². The average Bonchev–Trinajstić information content (AvgIpc) is 2.36. The van der Waals surface area contributed by atoms with Crippen molar-refractivity contribution in [2.45, 2.75) is 44.1 Å². The number of amides is 2. The summed E-state index contributed by atoms with van der Waals surface area (Å²) >= 11 is 0. The van der Waals surface area contributed by atoms with Crippen LogP contribution in [0.1, 0.15) is 38.5 Å². The lowest BCUT2D eigenvalue weighted by atomic mass is 9.79. The second-order valence-corrected chi connectivity index (χ2v) is 5.26. The van der Waals surface area contributed by atoms with E-state index in [1.807, 2.05) is 0 Å². The van der Waals surface area contributed by atoms with Crippen molar-refractivity contribution in [1.82, 2.24) is 10.2 Å². The zero-order valence-corrected chi connectivity index (χ0v) is 11.0. The summed E-state index contributed by atoms with van der Waals surface area (Å²) in [6, 6.07) is 0. The van der Waals surface area contributed by atoms with Crippen molar-refractivity contribution in [3.05, 3.63) is 0 Å². The molecule has 1 N–H and O–H groups in total. The molecule has 1 aliphatic heterocycles. The van der Waals surface area contributed by atoms with E-state index in [-0.39, 0.29) is 18.4 Å². The van der Waals surface area contributed by atoms with Gasteiger partial charge in [0.15, 0.2) is 0 Å². The number of hydrogen-bond acceptors (Lipinski definition) is 3. The Labute approximate surface area is 108 Å². The number of rotatable bonds is 4. The van der Waals surface area contributed by atoms with E-state index in [0.717, 1.165) is 38.5 Å². The fraction of sp³-hybridized carbons (Fsp3) is 0.846. The molecule has 0 aromatic carbocycles. The van der Waals surface area contributed by atoms with E-state index in [1.165, 1.54) is 0 Å². The van der Waals surface area contributed by atoms with Gasteiger partial charge in [0.2, 0.25) is 11.8 Å². The molecule has 1 heterocycles. The summed E-state index contributed by atoms with van der Waals surface area (Å²) in [6.07, 6.45) is 5.58. The van der Waals surface area contributed by atoms with Gasteiger partial charge in [-0.1, -0.05) is 19.3 Å². The predicted octanol–water partition coefficient (Wildman–Crippen LogP) is 0.684. The van der Waals surface area contributed by atoms with Gasteiger partial charge in [-0.2, -0.15) is 0 Å². The van der Waals surface area contributed by atoms with Gasteiger partial charge >= 0.3 is 0 Å². The molecule has 1 aliphatic carbocycles. The van der Waals surface area contributed by atoms with Crippen LogP contribution in [0.15, 0.2) is 0 Å². The van der Waals surface area contributed by atoms with Crippen LogP contribution in [-0.2, 0) is 14.3 Å². The number of carbonyl (C=O) groups excluding carboxylic acids is 2. The molecule has 5 nitrogen and oxygen atoms in total. The summed E-state index contributed by atoms with van der Waals surface area (Å²) in [7, 11) is 1.65. The van der Waals surface area contributed by atoms with Crippen molar-refractivity contribution in [3.8, 4) is 0 Å². The minimum Gasteiger partial charge on any atom is -0.385 e. The molecule has 0 unspecified atom stereocenters. The Morgan fingerprint density at radius 2 is 2.00 bits per heavy atom. The second kappa shape index (κ2) is 5.69. The lowest BCUT2D eigenvalue weighted by Crippen LogP contribution is -2.67. The SMILES string of the molecule is COCCCN1CC(=O)NC2(CCCCC2)C1=O. The van der Waals surface area contributed by atoms with Gasteiger partial charge in [-0.3, -0.25) is 9.59 Å². The van der Waals surface area contributed by atoms with Crippen molar-refractivity contribution in [3.63, 3.8) is 0 Å². The Hall–Kier alpha value is -1.10. The van der Waals surface area contributed by atoms with Gasteiger partial charge in [-0.15, -0.1) is 0 Å². The smallest absolute Gasteiger partial charge is 0.248 e. The van der Waals surface area contributed by atoms with Gasteiger partial charge in [-0.25, -0.2) is 0 Å². The largest absolute Gasteiger partial charge is 0.385 e. The molecule has 2 aliphatic rings. The molecule has 0 aromatic heterocycles. The molecule has 102 valence electrons. The number of nitrogens with one attached hydrogen (secondary N) is 1. The molecule has 1 saturated carbocycles. The first-order valence-electron chi connectivity index (χ1n) is 6.77. The van der Waals surface area contributed by atoms with Gasteiger partial charge in [0, 0.05) is 20.3 Å². The van der Waals surface area contributed by atoms with E-state index < -0.39 is 5.54 Å². The standard InChI is InChI=1S/C13H22N2O3/c1-18-9-5-8-15-10-11(16)14-13(12(15)17)6-3-2-4-7-13/h2-10H2,1H3,(H,14,16). The highest BCUT2D eigenvalue weighted by molar-refractivity contribution is 5.98. The summed E-state index contributed by atoms with van der Waals surface area (Å²) in [5.74, 6) is 0.0896. The predicted molar refractivity (Wildman–Crippen MR) is 67.0 cm³/mol. The lowest BCUT2D eigenvalue weighted by molar-refractivity contribution is -0.151. The molecule has 5 heteroatoms. The Balaban J connectivity index is 2.03. The van der Waals surface area contributed by atoms with E-state index >= 15 is 0 Å². The third-order valence-electron chi connectivity index (χ3n) is 3.89. The Bertz CT molecular complexity index is 324. The summed E-state index contributed by atoms with van der Waals surface area (Å²) < 4.78 is 4.99. The fourth-order valence-electron chi connectivity index (χ4n) is 2.98. The normalized spacial score (nSPS) is 23.3. The van der Waals surface area contributed by atoms with Crippen molar-refractivity contribution in [2.24, 2.45) is 0 Å². The van der Waals surface area contributed by atoms with Crippen molar-refractivity contribution < 1.29 is 14.3 Å². The van der Waals surface area contributed by atoms with Crippen molar-refractivity contribution in [2.75, 3.05) is 26.8 Å². The highest BCUT2D eigenvalue weighted by Gasteiger charge is 2.46. The molecule has 2 fully saturated rings. The van der Waals surface area contributed by atoms with Crippen LogP contribution in [0.3, 0.4) is 0 Å². The summed E-state index contributed by atoms with van der Waals surface area (Å²) in [5, 5.41) is 2.94. The maximum atomic E-state index is 12.5. The van der Waals surface area contributed by atoms with Gasteiger partial charge in [0.1, 0.15) is 5.54 Å². The van der Waals surface area contributed by atoms with Gasteiger partial charge in [-0.05, 0) is 19.3 Å². The van der Waals surface area contributed by atoms with E-state index in [4.69, 9.17) is 4.74 Å². The third kappa shape index (κ3) is 2.66. The van der Waals surface area contributed by atoms with Gasteiger partial charge in [0.25, 0.3) is 0 Å². The van der Waals surface area contributed by atoms with Gasteiger partial charge in [0.05, 0.1) is 6.54 Å². The topological polar surface area (TPSA) is 58.6 Å². The van der Waals surface area contributed by atoms with Crippen molar-refractivity contribution >= 4 is 11.8 Å². The van der Waals surface area contributed by atoms with Crippen LogP contribution in [0.25, 0.3) is 0 Å². The monoisotopic (exact) mass is 254 g/mol. The van der Waals surface area contributed by atoms with Crippen LogP contribution in [0.4, 0.5) is 0 Å². The molecule has 0 atom stereocenters. The molecule has 2 rings (SSSR count). The zero-order valence-electron chi connectivity index (χ0n) is 11.0. The summed E-state index contributed by atoms with van der Waals surface area (Å²) in [5.41, 5.74) is -0.597. The number of piperazine rings is 1. The molecule has 0 bridgehead atoms. The Morgan fingerprint density at radius 3 is 2.67 bits per heavy atom. The first kappa shape index (κ1) is 13.3. The number of carbonyl (C=O) groups is 2. The molecule has 0 radical (unpaired) electrons. The molecule has 18 heavy (non-hydrogen) atoms. The molecule has 1 saturated heterocycles. The molecule has 2 amide bonds. The number of hydrogen-bond donors (Lipinski definition) is 1. The van der Waals surface area contributed by atoms with Crippen LogP contribution in [-0.4, -0.2) is 49.1 Å². The van der Waals surface area contributed by atoms with Crippen LogP contribution < -0.4 is 5.32 Å². The first-order chi connectivity index (χ1) is 8.68. The number of nitrogens with zero attached hydrogens (tertiary/aromatic N) is 1. The highest BCUT2D eigenvalue weighted by Crippen LogP contribution is 2.31. The van der Waals surface area contributed by atoms with Crippen LogP contribution >= 0.6 is 0 Å². The third-order valence-corrected chi connectivity index (χ3v) is 3.89. The zero-order chi connectivity index (χ0) is 13.0. The maximum absolute atomic E-state index is 12.5. The van der Waals surface area contributed by atoms with Crippen molar-refractivity contribution in [1.29, 1.82) is 0 Å². The minimum absolute atomic E-state index is 0.0195. The lowest BCUT2D eigenvalue weighted by Gasteiger charge is -2.44. The molecule has 0 aromatic rings. The Morgan fingerprint density at radius 1 is 1.28 bits per heavy atom. The van der Waals surface area contributed by atoms with E-state index in [1.54, 1.807) is 12.0 Å². The van der Waals surface area contributed by atoms with Crippen LogP contribution in [0.2, 0.25) is 0 Å². The van der Waals surface area contributed by atoms with Crippen LogP contribution in [0, 0.1) is 0 Å². The summed E-state index contributed by atoms with van der Waals surface area (Å²) in [4.78, 5) is 26.0. The van der Waals surface area contributed by atoms with E-state index in [9.17, 15) is 9.59 Å². The first-order valence-corrected chi connectivity index (χ1v) is 6.77. The summed E-state index contributed by atoms with van der Waals surface area (Å²) in [6.45, 7) is 1.44. The van der Waals surface area contributed by atoms with Crippen LogP contribution in [0.5, 0.6) is 0 Å². The molecular formula is C13H22N2O3. The average molecular weight is 254 g/mol. The molecular weight excluding hydrogens is 232 g/mol. The highest BCUT2D eigenvalue weighted by atomic mass is 16.5. The minimum atomic E-state index is -0.597. The number of ether oxygens (including phenoxy) is 1.